The van der Waals surface area contributed by atoms with Gasteiger partial charge >= 0.3 is 0 Å². The third kappa shape index (κ3) is 6.31. The summed E-state index contributed by atoms with van der Waals surface area (Å²) in [6.45, 7) is 5.94. The van der Waals surface area contributed by atoms with Gasteiger partial charge in [0.1, 0.15) is 6.61 Å². The van der Waals surface area contributed by atoms with Gasteiger partial charge in [0.15, 0.2) is 5.78 Å². The Hall–Kier alpha value is -0.410. The number of hydrogen-bond donors (Lipinski definition) is 0. The molecule has 0 saturated heterocycles. The van der Waals surface area contributed by atoms with Crippen LogP contribution in [0.5, 0.6) is 0 Å². The van der Waals surface area contributed by atoms with Crippen molar-refractivity contribution in [1.29, 1.82) is 0 Å². The lowest BCUT2D eigenvalue weighted by Gasteiger charge is -2.17. The van der Waals surface area contributed by atoms with Crippen molar-refractivity contribution in [2.45, 2.75) is 13.8 Å². The van der Waals surface area contributed by atoms with Gasteiger partial charge in [-0.15, -0.1) is 0 Å². The number of methoxy groups -OCH3 is 1. The molecule has 3 heteroatoms. The molecule has 0 unspecified atom stereocenters. The van der Waals surface area contributed by atoms with E-state index in [0.717, 1.165) is 6.54 Å². The molecule has 0 N–H and O–H groups in total. The van der Waals surface area contributed by atoms with Crippen LogP contribution in [0.2, 0.25) is 0 Å². The van der Waals surface area contributed by atoms with Crippen LogP contribution in [-0.4, -0.2) is 44.5 Å². The Balaban J connectivity index is 3.54. The third-order valence-electron chi connectivity index (χ3n) is 1.43. The van der Waals surface area contributed by atoms with E-state index in [4.69, 9.17) is 4.74 Å². The first-order valence-electron chi connectivity index (χ1n) is 4.25. The molecule has 0 aromatic carbocycles. The molecule has 0 bridgehead atoms. The molecule has 0 aliphatic carbocycles. The predicted molar refractivity (Wildman–Crippen MR) is 49.2 cm³/mol. The largest absolute Gasteiger partial charge is 0.377 e. The number of hydrogen-bond acceptors (Lipinski definition) is 3. The molecular weight excluding hydrogens is 154 g/mol. The lowest BCUT2D eigenvalue weighted by Crippen LogP contribution is -2.31. The minimum atomic E-state index is 0.139. The van der Waals surface area contributed by atoms with Crippen LogP contribution in [-0.2, 0) is 9.53 Å². The van der Waals surface area contributed by atoms with Crippen LogP contribution >= 0.6 is 0 Å². The zero-order valence-electron chi connectivity index (χ0n) is 8.46. The first-order chi connectivity index (χ1) is 5.56. The van der Waals surface area contributed by atoms with Gasteiger partial charge in [-0.1, -0.05) is 13.8 Å². The van der Waals surface area contributed by atoms with E-state index in [1.165, 1.54) is 0 Å². The zero-order chi connectivity index (χ0) is 9.56. The van der Waals surface area contributed by atoms with Crippen molar-refractivity contribution >= 4 is 5.78 Å². The van der Waals surface area contributed by atoms with Crippen LogP contribution in [0, 0.1) is 5.92 Å². The van der Waals surface area contributed by atoms with E-state index in [1.54, 1.807) is 7.11 Å². The van der Waals surface area contributed by atoms with Crippen molar-refractivity contribution in [2.24, 2.45) is 5.92 Å². The standard InChI is InChI=1S/C9H19NO2/c1-8(2)5-10(3)6-9(11)7-12-4/h8H,5-7H2,1-4H3. The molecule has 0 atom stereocenters. The fourth-order valence-corrected chi connectivity index (χ4v) is 1.20. The van der Waals surface area contributed by atoms with Gasteiger partial charge in [0, 0.05) is 13.7 Å². The average Bonchev–Trinajstić information content (AvgIpc) is 1.84. The highest BCUT2D eigenvalue weighted by Crippen LogP contribution is 1.95. The summed E-state index contributed by atoms with van der Waals surface area (Å²) in [6, 6.07) is 0. The van der Waals surface area contributed by atoms with E-state index in [-0.39, 0.29) is 12.4 Å². The van der Waals surface area contributed by atoms with E-state index in [1.807, 2.05) is 11.9 Å². The van der Waals surface area contributed by atoms with Gasteiger partial charge in [-0.05, 0) is 13.0 Å². The quantitative estimate of drug-likeness (QED) is 0.594. The summed E-state index contributed by atoms with van der Waals surface area (Å²) in [7, 11) is 3.49. The van der Waals surface area contributed by atoms with E-state index in [2.05, 4.69) is 13.8 Å². The number of carbonyl (C=O) groups is 1. The summed E-state index contributed by atoms with van der Waals surface area (Å²) in [4.78, 5) is 13.1. The van der Waals surface area contributed by atoms with Gasteiger partial charge in [-0.3, -0.25) is 9.69 Å². The molecule has 0 amide bonds. The maximum atomic E-state index is 11.1. The number of rotatable bonds is 6. The summed E-state index contributed by atoms with van der Waals surface area (Å²) < 4.78 is 4.73. The summed E-state index contributed by atoms with van der Waals surface area (Å²) in [5.41, 5.74) is 0. The minimum Gasteiger partial charge on any atom is -0.377 e. The van der Waals surface area contributed by atoms with Crippen LogP contribution in [0.1, 0.15) is 13.8 Å². The Morgan fingerprint density at radius 3 is 2.50 bits per heavy atom. The normalized spacial score (nSPS) is 11.2. The molecule has 0 aliphatic rings. The van der Waals surface area contributed by atoms with Gasteiger partial charge in [0.2, 0.25) is 0 Å². The molecule has 0 saturated carbocycles. The van der Waals surface area contributed by atoms with Crippen molar-refractivity contribution in [3.05, 3.63) is 0 Å². The number of Topliss-reactive ketones (excluding diaryl/α,β-unsaturated/α-hetero) is 1. The molecule has 0 radical (unpaired) electrons. The predicted octanol–water partition coefficient (Wildman–Crippen LogP) is 0.790. The third-order valence-corrected chi connectivity index (χ3v) is 1.43. The SMILES string of the molecule is COCC(=O)CN(C)CC(C)C. The van der Waals surface area contributed by atoms with E-state index < -0.39 is 0 Å². The minimum absolute atomic E-state index is 0.139. The van der Waals surface area contributed by atoms with Gasteiger partial charge in [-0.25, -0.2) is 0 Å². The number of carbonyl (C=O) groups excluding carboxylic acids is 1. The average molecular weight is 173 g/mol. The summed E-state index contributed by atoms with van der Waals surface area (Å²) in [5, 5.41) is 0. The fourth-order valence-electron chi connectivity index (χ4n) is 1.20. The number of ether oxygens (including phenoxy) is 1. The summed E-state index contributed by atoms with van der Waals surface area (Å²) in [6.07, 6.45) is 0. The Bertz CT molecular complexity index is 134. The molecule has 12 heavy (non-hydrogen) atoms. The van der Waals surface area contributed by atoms with Crippen molar-refractivity contribution in [2.75, 3.05) is 33.9 Å². The molecule has 3 nitrogen and oxygen atoms in total. The Morgan fingerprint density at radius 2 is 2.08 bits per heavy atom. The van der Waals surface area contributed by atoms with Gasteiger partial charge in [0.05, 0.1) is 6.54 Å². The van der Waals surface area contributed by atoms with Crippen molar-refractivity contribution in [3.8, 4) is 0 Å². The molecule has 0 aromatic rings. The van der Waals surface area contributed by atoms with Crippen LogP contribution in [0.15, 0.2) is 0 Å². The maximum Gasteiger partial charge on any atom is 0.172 e. The lowest BCUT2D eigenvalue weighted by atomic mass is 10.2. The molecular formula is C9H19NO2. The number of ketones is 1. The van der Waals surface area contributed by atoms with E-state index >= 15 is 0 Å². The Morgan fingerprint density at radius 1 is 1.50 bits per heavy atom. The molecule has 0 rings (SSSR count). The molecule has 0 fully saturated rings. The molecule has 72 valence electrons. The second kappa shape index (κ2) is 6.14. The second-order valence-corrected chi connectivity index (χ2v) is 3.56. The smallest absolute Gasteiger partial charge is 0.172 e. The summed E-state index contributed by atoms with van der Waals surface area (Å²) >= 11 is 0. The van der Waals surface area contributed by atoms with Gasteiger partial charge in [0.25, 0.3) is 0 Å². The molecule has 0 spiro atoms. The van der Waals surface area contributed by atoms with Crippen molar-refractivity contribution in [3.63, 3.8) is 0 Å². The molecule has 0 heterocycles. The van der Waals surface area contributed by atoms with E-state index in [0.29, 0.717) is 12.5 Å². The lowest BCUT2D eigenvalue weighted by molar-refractivity contribution is -0.123. The highest BCUT2D eigenvalue weighted by Gasteiger charge is 2.06. The second-order valence-electron chi connectivity index (χ2n) is 3.56. The molecule has 0 aromatic heterocycles. The monoisotopic (exact) mass is 173 g/mol. The van der Waals surface area contributed by atoms with Gasteiger partial charge in [-0.2, -0.15) is 0 Å². The van der Waals surface area contributed by atoms with Crippen LogP contribution < -0.4 is 0 Å². The molecule has 0 aliphatic heterocycles. The fraction of sp³-hybridized carbons (Fsp3) is 0.889. The van der Waals surface area contributed by atoms with Crippen LogP contribution in [0.4, 0.5) is 0 Å². The van der Waals surface area contributed by atoms with Crippen LogP contribution in [0.3, 0.4) is 0 Å². The highest BCUT2D eigenvalue weighted by atomic mass is 16.5. The van der Waals surface area contributed by atoms with Gasteiger partial charge < -0.3 is 4.74 Å². The zero-order valence-corrected chi connectivity index (χ0v) is 8.46. The number of likely N-dealkylation sites (N-methyl/N-ethyl adjacent to an activating group) is 1. The first kappa shape index (κ1) is 11.6. The first-order valence-corrected chi connectivity index (χ1v) is 4.25. The van der Waals surface area contributed by atoms with Crippen molar-refractivity contribution < 1.29 is 9.53 Å². The van der Waals surface area contributed by atoms with Crippen LogP contribution in [0.25, 0.3) is 0 Å². The topological polar surface area (TPSA) is 29.5 Å². The van der Waals surface area contributed by atoms with E-state index in [9.17, 15) is 4.79 Å². The Kier molecular flexibility index (Phi) is 5.93. The summed E-state index contributed by atoms with van der Waals surface area (Å²) in [5.74, 6) is 0.742. The van der Waals surface area contributed by atoms with Crippen molar-refractivity contribution in [1.82, 2.24) is 4.90 Å². The maximum absolute atomic E-state index is 11.1. The Labute approximate surface area is 74.7 Å². The highest BCUT2D eigenvalue weighted by molar-refractivity contribution is 5.81. The number of nitrogens with zero attached hydrogens (tertiary/aromatic N) is 1.